The minimum atomic E-state index is -0.462. The third-order valence-electron chi connectivity index (χ3n) is 3.74. The Labute approximate surface area is 144 Å². The van der Waals surface area contributed by atoms with Gasteiger partial charge in [0.2, 0.25) is 0 Å². The van der Waals surface area contributed by atoms with Crippen molar-refractivity contribution in [3.63, 3.8) is 0 Å². The highest BCUT2D eigenvalue weighted by molar-refractivity contribution is 5.94. The fraction of sp³-hybridized carbons (Fsp3) is 0.167. The van der Waals surface area contributed by atoms with Crippen LogP contribution >= 0.6 is 0 Å². The Morgan fingerprint density at radius 2 is 2.00 bits per heavy atom. The first-order chi connectivity index (χ1) is 12.1. The Balaban J connectivity index is 1.65. The molecule has 0 atom stereocenters. The average molecular weight is 340 g/mol. The molecule has 0 aliphatic rings. The maximum absolute atomic E-state index is 13.4. The molecule has 1 aromatic heterocycles. The maximum Gasteiger partial charge on any atom is 0.251 e. The number of benzene rings is 2. The Hall–Kier alpha value is -3.06. The number of hydrogen-bond acceptors (Lipinski definition) is 4. The van der Waals surface area contributed by atoms with Crippen molar-refractivity contribution in [3.8, 4) is 11.4 Å². The number of aryl methyl sites for hydroxylation is 1. The van der Waals surface area contributed by atoms with E-state index < -0.39 is 5.82 Å². The zero-order chi connectivity index (χ0) is 17.8. The lowest BCUT2D eigenvalue weighted by molar-refractivity contribution is 0.0951. The summed E-state index contributed by atoms with van der Waals surface area (Å²) in [6, 6.07) is 11.4. The van der Waals surface area contributed by atoms with Crippen LogP contribution in [-0.4, -0.2) is 25.8 Å². The number of hydrogen-bond donors (Lipinski definition) is 2. The van der Waals surface area contributed by atoms with Crippen molar-refractivity contribution in [1.29, 1.82) is 0 Å². The molecule has 0 saturated heterocycles. The van der Waals surface area contributed by atoms with E-state index in [4.69, 9.17) is 5.11 Å². The summed E-state index contributed by atoms with van der Waals surface area (Å²) in [5.41, 5.74) is 2.25. The summed E-state index contributed by atoms with van der Waals surface area (Å²) in [6.07, 6.45) is 1.61. The van der Waals surface area contributed by atoms with Gasteiger partial charge in [0.1, 0.15) is 12.1 Å². The fourth-order valence-electron chi connectivity index (χ4n) is 2.39. The van der Waals surface area contributed by atoms with Crippen molar-refractivity contribution in [2.45, 2.75) is 13.2 Å². The Kier molecular flexibility index (Phi) is 4.85. The van der Waals surface area contributed by atoms with Crippen molar-refractivity contribution in [3.05, 3.63) is 71.3 Å². The topological polar surface area (TPSA) is 80.0 Å². The Morgan fingerprint density at radius 1 is 1.24 bits per heavy atom. The van der Waals surface area contributed by atoms with Gasteiger partial charge in [0.05, 0.1) is 6.61 Å². The first-order valence-corrected chi connectivity index (χ1v) is 7.69. The molecule has 3 aromatic rings. The summed E-state index contributed by atoms with van der Waals surface area (Å²) in [4.78, 5) is 16.4. The van der Waals surface area contributed by atoms with E-state index in [1.165, 1.54) is 12.1 Å². The molecule has 0 unspecified atom stereocenters. The van der Waals surface area contributed by atoms with Gasteiger partial charge in [-0.05, 0) is 29.8 Å². The smallest absolute Gasteiger partial charge is 0.251 e. The molecule has 0 aliphatic heterocycles. The van der Waals surface area contributed by atoms with Gasteiger partial charge in [0, 0.05) is 30.3 Å². The number of aromatic nitrogens is 3. The minimum Gasteiger partial charge on any atom is -0.392 e. The molecule has 0 saturated carbocycles. The molecule has 0 radical (unpaired) electrons. The van der Waals surface area contributed by atoms with Crippen LogP contribution in [0.4, 0.5) is 4.39 Å². The molecule has 0 aliphatic carbocycles. The summed E-state index contributed by atoms with van der Waals surface area (Å²) in [6.45, 7) is -0.133. The Morgan fingerprint density at radius 3 is 2.64 bits per heavy atom. The van der Waals surface area contributed by atoms with E-state index in [9.17, 15) is 9.18 Å². The molecule has 25 heavy (non-hydrogen) atoms. The number of aliphatic hydroxyl groups is 1. The summed E-state index contributed by atoms with van der Waals surface area (Å²) in [5.74, 6) is -0.107. The minimum absolute atomic E-state index is 0.207. The van der Waals surface area contributed by atoms with Crippen LogP contribution in [0.15, 0.2) is 48.8 Å². The quantitative estimate of drug-likeness (QED) is 0.745. The monoisotopic (exact) mass is 340 g/mol. The predicted octanol–water partition coefficient (Wildman–Crippen LogP) is 2.04. The predicted molar refractivity (Wildman–Crippen MR) is 89.9 cm³/mol. The van der Waals surface area contributed by atoms with E-state index in [1.807, 2.05) is 0 Å². The molecule has 6 nitrogen and oxygen atoms in total. The van der Waals surface area contributed by atoms with Crippen LogP contribution in [0, 0.1) is 5.82 Å². The lowest BCUT2D eigenvalue weighted by atomic mass is 10.1. The highest BCUT2D eigenvalue weighted by Gasteiger charge is 2.09. The zero-order valence-corrected chi connectivity index (χ0v) is 13.6. The van der Waals surface area contributed by atoms with Crippen molar-refractivity contribution in [1.82, 2.24) is 20.1 Å². The van der Waals surface area contributed by atoms with Crippen LogP contribution in [0.25, 0.3) is 11.4 Å². The summed E-state index contributed by atoms with van der Waals surface area (Å²) in [7, 11) is 1.79. The molecule has 7 heteroatoms. The van der Waals surface area contributed by atoms with Crippen molar-refractivity contribution in [2.75, 3.05) is 0 Å². The summed E-state index contributed by atoms with van der Waals surface area (Å²) >= 11 is 0. The standard InChI is InChI=1S/C18H17FN4O2/c1-23-11-21-17(22-23)13-3-5-14(6-4-13)18(25)20-9-12-2-7-16(19)15(8-12)10-24/h2-8,11,24H,9-10H2,1H3,(H,20,25). The zero-order valence-electron chi connectivity index (χ0n) is 13.6. The van der Waals surface area contributed by atoms with Gasteiger partial charge in [-0.15, -0.1) is 0 Å². The molecule has 128 valence electrons. The molecule has 1 heterocycles. The SMILES string of the molecule is Cn1cnc(-c2ccc(C(=O)NCc3ccc(F)c(CO)c3)cc2)n1. The van der Waals surface area contributed by atoms with Crippen molar-refractivity contribution in [2.24, 2.45) is 7.05 Å². The lowest BCUT2D eigenvalue weighted by Crippen LogP contribution is -2.22. The number of carbonyl (C=O) groups is 1. The van der Waals surface area contributed by atoms with E-state index in [2.05, 4.69) is 15.4 Å². The molecule has 0 bridgehead atoms. The normalized spacial score (nSPS) is 10.7. The molecule has 3 rings (SSSR count). The van der Waals surface area contributed by atoms with Crippen molar-refractivity contribution >= 4 is 5.91 Å². The number of nitrogens with one attached hydrogen (secondary N) is 1. The van der Waals surface area contributed by atoms with Crippen LogP contribution in [0.1, 0.15) is 21.5 Å². The fourth-order valence-corrected chi connectivity index (χ4v) is 2.39. The molecule has 2 aromatic carbocycles. The number of nitrogens with zero attached hydrogens (tertiary/aromatic N) is 3. The van der Waals surface area contributed by atoms with Gasteiger partial charge in [-0.3, -0.25) is 9.48 Å². The van der Waals surface area contributed by atoms with Crippen LogP contribution < -0.4 is 5.32 Å². The molecule has 1 amide bonds. The molecular formula is C18H17FN4O2. The number of aliphatic hydroxyl groups excluding tert-OH is 1. The van der Waals surface area contributed by atoms with Gasteiger partial charge in [0.25, 0.3) is 5.91 Å². The maximum atomic E-state index is 13.4. The van der Waals surface area contributed by atoms with Gasteiger partial charge >= 0.3 is 0 Å². The van der Waals surface area contributed by atoms with E-state index in [0.29, 0.717) is 17.0 Å². The first kappa shape index (κ1) is 16.8. The van der Waals surface area contributed by atoms with Crippen LogP contribution in [0.3, 0.4) is 0 Å². The largest absolute Gasteiger partial charge is 0.392 e. The first-order valence-electron chi connectivity index (χ1n) is 7.69. The third kappa shape index (κ3) is 3.89. The lowest BCUT2D eigenvalue weighted by Gasteiger charge is -2.08. The molecule has 0 spiro atoms. The summed E-state index contributed by atoms with van der Waals surface area (Å²) < 4.78 is 15.0. The second-order valence-corrected chi connectivity index (χ2v) is 5.59. The van der Waals surface area contributed by atoms with Crippen LogP contribution in [-0.2, 0) is 20.2 Å². The Bertz CT molecular complexity index is 890. The van der Waals surface area contributed by atoms with Crippen LogP contribution in [0.5, 0.6) is 0 Å². The highest BCUT2D eigenvalue weighted by Crippen LogP contribution is 2.15. The third-order valence-corrected chi connectivity index (χ3v) is 3.74. The van der Waals surface area contributed by atoms with Gasteiger partial charge in [-0.25, -0.2) is 9.37 Å². The van der Waals surface area contributed by atoms with Gasteiger partial charge in [-0.1, -0.05) is 18.2 Å². The second-order valence-electron chi connectivity index (χ2n) is 5.59. The number of amides is 1. The number of halogens is 1. The highest BCUT2D eigenvalue weighted by atomic mass is 19.1. The van der Waals surface area contributed by atoms with Gasteiger partial charge in [0.15, 0.2) is 5.82 Å². The number of rotatable bonds is 5. The average Bonchev–Trinajstić information content (AvgIpc) is 3.07. The van der Waals surface area contributed by atoms with E-state index in [1.54, 1.807) is 48.4 Å². The second kappa shape index (κ2) is 7.23. The molecule has 0 fully saturated rings. The number of carbonyl (C=O) groups excluding carboxylic acids is 1. The van der Waals surface area contributed by atoms with E-state index in [-0.39, 0.29) is 24.6 Å². The van der Waals surface area contributed by atoms with Gasteiger partial charge in [-0.2, -0.15) is 5.10 Å². The van der Waals surface area contributed by atoms with Crippen molar-refractivity contribution < 1.29 is 14.3 Å². The van der Waals surface area contributed by atoms with Crippen LogP contribution in [0.2, 0.25) is 0 Å². The van der Waals surface area contributed by atoms with Gasteiger partial charge < -0.3 is 10.4 Å². The molecule has 2 N–H and O–H groups in total. The summed E-state index contributed by atoms with van der Waals surface area (Å²) in [5, 5.41) is 16.1. The van der Waals surface area contributed by atoms with E-state index >= 15 is 0 Å². The molecular weight excluding hydrogens is 323 g/mol. The van der Waals surface area contributed by atoms with E-state index in [0.717, 1.165) is 5.56 Å².